The van der Waals surface area contributed by atoms with E-state index in [1.165, 1.54) is 13.3 Å². The fourth-order valence-corrected chi connectivity index (χ4v) is 0.783. The predicted octanol–water partition coefficient (Wildman–Crippen LogP) is -0.113. The van der Waals surface area contributed by atoms with Gasteiger partial charge in [-0.1, -0.05) is 0 Å². The summed E-state index contributed by atoms with van der Waals surface area (Å²) in [4.78, 5) is 18.7. The lowest BCUT2D eigenvalue weighted by Gasteiger charge is -2.03. The minimum absolute atomic E-state index is 0.103. The number of carbonyl (C=O) groups is 1. The third kappa shape index (κ3) is 1.84. The fraction of sp³-hybridized carbons (Fsp3) is 0.286. The van der Waals surface area contributed by atoms with Crippen LogP contribution in [0.4, 0.5) is 11.8 Å². The van der Waals surface area contributed by atoms with Gasteiger partial charge in [-0.2, -0.15) is 4.98 Å². The van der Waals surface area contributed by atoms with E-state index in [2.05, 4.69) is 20.0 Å². The monoisotopic (exact) mass is 182 g/mol. The van der Waals surface area contributed by atoms with Gasteiger partial charge in [-0.3, -0.25) is 0 Å². The lowest BCUT2D eigenvalue weighted by molar-refractivity contribution is 0.0601. The molecule has 0 amide bonds. The number of anilines is 2. The normalized spacial score (nSPS) is 9.38. The number of methoxy groups -OCH3 is 1. The van der Waals surface area contributed by atoms with E-state index in [-0.39, 0.29) is 11.4 Å². The van der Waals surface area contributed by atoms with Crippen LogP contribution < -0.4 is 11.1 Å². The molecule has 1 aromatic heterocycles. The first-order valence-corrected chi connectivity index (χ1v) is 3.57. The molecule has 0 fully saturated rings. The number of hydrogen-bond acceptors (Lipinski definition) is 6. The Morgan fingerprint density at radius 2 is 2.38 bits per heavy atom. The van der Waals surface area contributed by atoms with Gasteiger partial charge in [0.15, 0.2) is 0 Å². The summed E-state index contributed by atoms with van der Waals surface area (Å²) in [7, 11) is 2.93. The molecule has 0 atom stereocenters. The Hall–Kier alpha value is -1.85. The first-order valence-electron chi connectivity index (χ1n) is 3.57. The van der Waals surface area contributed by atoms with Crippen LogP contribution in [-0.2, 0) is 4.74 Å². The molecule has 6 heteroatoms. The highest BCUT2D eigenvalue weighted by molar-refractivity contribution is 5.93. The predicted molar refractivity (Wildman–Crippen MR) is 47.3 cm³/mol. The van der Waals surface area contributed by atoms with Gasteiger partial charge in [0.1, 0.15) is 11.4 Å². The first kappa shape index (κ1) is 9.24. The van der Waals surface area contributed by atoms with Crippen molar-refractivity contribution in [3.8, 4) is 0 Å². The molecule has 6 nitrogen and oxygen atoms in total. The second kappa shape index (κ2) is 3.70. The van der Waals surface area contributed by atoms with Crippen molar-refractivity contribution in [3.05, 3.63) is 11.8 Å². The van der Waals surface area contributed by atoms with Crippen molar-refractivity contribution in [1.29, 1.82) is 0 Å². The third-order valence-corrected chi connectivity index (χ3v) is 1.45. The molecular weight excluding hydrogens is 172 g/mol. The molecule has 0 saturated carbocycles. The standard InChI is InChI=1S/C7H10N4O2/c1-9-7-10-3-4(5(8)11-7)6(12)13-2/h3H,1-2H3,(H3,8,9,10,11). The Kier molecular flexibility index (Phi) is 2.63. The molecule has 0 unspecified atom stereocenters. The molecule has 0 aliphatic rings. The summed E-state index contributed by atoms with van der Waals surface area (Å²) < 4.78 is 4.47. The van der Waals surface area contributed by atoms with Crippen molar-refractivity contribution in [2.75, 3.05) is 25.2 Å². The van der Waals surface area contributed by atoms with Crippen LogP contribution in [0.15, 0.2) is 6.20 Å². The molecule has 70 valence electrons. The average molecular weight is 182 g/mol. The van der Waals surface area contributed by atoms with E-state index in [0.29, 0.717) is 5.95 Å². The van der Waals surface area contributed by atoms with E-state index in [1.54, 1.807) is 7.05 Å². The van der Waals surface area contributed by atoms with Gasteiger partial charge in [0.25, 0.3) is 0 Å². The van der Waals surface area contributed by atoms with Crippen LogP contribution >= 0.6 is 0 Å². The lowest BCUT2D eigenvalue weighted by Crippen LogP contribution is -2.09. The largest absolute Gasteiger partial charge is 0.465 e. The second-order valence-corrected chi connectivity index (χ2v) is 2.23. The maximum atomic E-state index is 11.0. The quantitative estimate of drug-likeness (QED) is 0.620. The Labute approximate surface area is 75.1 Å². The van der Waals surface area contributed by atoms with Crippen molar-refractivity contribution in [2.24, 2.45) is 0 Å². The maximum absolute atomic E-state index is 11.0. The van der Waals surface area contributed by atoms with Crippen LogP contribution in [0.1, 0.15) is 10.4 Å². The molecule has 1 heterocycles. The number of aromatic nitrogens is 2. The van der Waals surface area contributed by atoms with E-state index in [4.69, 9.17) is 5.73 Å². The number of hydrogen-bond donors (Lipinski definition) is 2. The Morgan fingerprint density at radius 3 is 2.85 bits per heavy atom. The van der Waals surface area contributed by atoms with Gasteiger partial charge in [0.2, 0.25) is 5.95 Å². The summed E-state index contributed by atoms with van der Waals surface area (Å²) in [5, 5.41) is 2.70. The van der Waals surface area contributed by atoms with Gasteiger partial charge >= 0.3 is 5.97 Å². The third-order valence-electron chi connectivity index (χ3n) is 1.45. The highest BCUT2D eigenvalue weighted by Crippen LogP contribution is 2.10. The molecule has 0 aliphatic carbocycles. The molecular formula is C7H10N4O2. The number of nitrogen functional groups attached to an aromatic ring is 1. The molecule has 13 heavy (non-hydrogen) atoms. The van der Waals surface area contributed by atoms with Crippen molar-refractivity contribution in [1.82, 2.24) is 9.97 Å². The Bertz CT molecular complexity index is 326. The molecule has 1 aromatic rings. The van der Waals surface area contributed by atoms with Crippen LogP contribution in [0.25, 0.3) is 0 Å². The van der Waals surface area contributed by atoms with Crippen molar-refractivity contribution < 1.29 is 9.53 Å². The number of carbonyl (C=O) groups excluding carboxylic acids is 1. The van der Waals surface area contributed by atoms with Crippen LogP contribution in [0.2, 0.25) is 0 Å². The van der Waals surface area contributed by atoms with Crippen LogP contribution in [-0.4, -0.2) is 30.1 Å². The number of nitrogens with zero attached hydrogens (tertiary/aromatic N) is 2. The van der Waals surface area contributed by atoms with Crippen LogP contribution in [0, 0.1) is 0 Å². The number of nitrogens with one attached hydrogen (secondary N) is 1. The molecule has 1 rings (SSSR count). The van der Waals surface area contributed by atoms with Crippen LogP contribution in [0.5, 0.6) is 0 Å². The number of ether oxygens (including phenoxy) is 1. The minimum atomic E-state index is -0.542. The van der Waals surface area contributed by atoms with Gasteiger partial charge in [-0.25, -0.2) is 9.78 Å². The molecule has 0 bridgehead atoms. The van der Waals surface area contributed by atoms with Crippen molar-refractivity contribution in [2.45, 2.75) is 0 Å². The number of rotatable bonds is 2. The zero-order valence-corrected chi connectivity index (χ0v) is 7.37. The van der Waals surface area contributed by atoms with Gasteiger partial charge < -0.3 is 15.8 Å². The summed E-state index contributed by atoms with van der Waals surface area (Å²) in [5.41, 5.74) is 5.65. The lowest BCUT2D eigenvalue weighted by atomic mass is 10.3. The van der Waals surface area contributed by atoms with Crippen LogP contribution in [0.3, 0.4) is 0 Å². The van der Waals surface area contributed by atoms with E-state index >= 15 is 0 Å². The SMILES string of the molecule is CNc1ncc(C(=O)OC)c(N)n1. The van der Waals surface area contributed by atoms with E-state index in [1.807, 2.05) is 0 Å². The van der Waals surface area contributed by atoms with Gasteiger partial charge in [0.05, 0.1) is 7.11 Å². The van der Waals surface area contributed by atoms with Crippen molar-refractivity contribution >= 4 is 17.7 Å². The highest BCUT2D eigenvalue weighted by atomic mass is 16.5. The molecule has 0 radical (unpaired) electrons. The van der Waals surface area contributed by atoms with Gasteiger partial charge in [-0.15, -0.1) is 0 Å². The summed E-state index contributed by atoms with van der Waals surface area (Å²) in [6.45, 7) is 0. The molecule has 0 spiro atoms. The summed E-state index contributed by atoms with van der Waals surface area (Å²) in [6, 6.07) is 0. The Morgan fingerprint density at radius 1 is 1.69 bits per heavy atom. The number of esters is 1. The fourth-order valence-electron chi connectivity index (χ4n) is 0.783. The second-order valence-electron chi connectivity index (χ2n) is 2.23. The molecule has 0 aliphatic heterocycles. The molecule has 3 N–H and O–H groups in total. The zero-order chi connectivity index (χ0) is 9.84. The molecule has 0 aromatic carbocycles. The van der Waals surface area contributed by atoms with E-state index < -0.39 is 5.97 Å². The van der Waals surface area contributed by atoms with E-state index in [9.17, 15) is 4.79 Å². The smallest absolute Gasteiger partial charge is 0.343 e. The minimum Gasteiger partial charge on any atom is -0.465 e. The van der Waals surface area contributed by atoms with E-state index in [0.717, 1.165) is 0 Å². The zero-order valence-electron chi connectivity index (χ0n) is 7.37. The Balaban J connectivity index is 3.05. The summed E-state index contributed by atoms with van der Waals surface area (Å²) >= 11 is 0. The first-order chi connectivity index (χ1) is 6.19. The topological polar surface area (TPSA) is 90.1 Å². The summed E-state index contributed by atoms with van der Waals surface area (Å²) in [6.07, 6.45) is 1.32. The number of nitrogens with two attached hydrogens (primary N) is 1. The average Bonchev–Trinajstić information content (AvgIpc) is 2.16. The van der Waals surface area contributed by atoms with Crippen molar-refractivity contribution in [3.63, 3.8) is 0 Å². The van der Waals surface area contributed by atoms with Gasteiger partial charge in [0, 0.05) is 13.2 Å². The maximum Gasteiger partial charge on any atom is 0.343 e. The molecule has 0 saturated heterocycles. The van der Waals surface area contributed by atoms with Gasteiger partial charge in [-0.05, 0) is 0 Å². The summed E-state index contributed by atoms with van der Waals surface area (Å²) in [5.74, 6) is -0.0727. The highest BCUT2D eigenvalue weighted by Gasteiger charge is 2.11.